The maximum atomic E-state index is 13.1. The Morgan fingerprint density at radius 2 is 1.80 bits per heavy atom. The predicted octanol–water partition coefficient (Wildman–Crippen LogP) is 2.57. The van der Waals surface area contributed by atoms with E-state index in [1.54, 1.807) is 6.07 Å². The van der Waals surface area contributed by atoms with Crippen LogP contribution in [0.3, 0.4) is 0 Å². The van der Waals surface area contributed by atoms with Crippen molar-refractivity contribution in [2.24, 2.45) is 0 Å². The first-order valence-corrected chi connectivity index (χ1v) is 10.2. The number of rotatable bonds is 3. The number of benzene rings is 2. The normalized spacial score (nSPS) is 22.1. The van der Waals surface area contributed by atoms with E-state index in [1.165, 1.54) is 0 Å². The molecule has 6 heteroatoms. The zero-order valence-electron chi connectivity index (χ0n) is 14.0. The average molecular weight is 358 g/mol. The highest BCUT2D eigenvalue weighted by molar-refractivity contribution is 7.89. The van der Waals surface area contributed by atoms with Crippen LogP contribution in [0.25, 0.3) is 0 Å². The van der Waals surface area contributed by atoms with Gasteiger partial charge in [-0.1, -0.05) is 36.4 Å². The van der Waals surface area contributed by atoms with Gasteiger partial charge in [-0.15, -0.1) is 0 Å². The van der Waals surface area contributed by atoms with Crippen molar-refractivity contribution in [1.29, 1.82) is 0 Å². The van der Waals surface area contributed by atoms with Gasteiger partial charge in [0.05, 0.1) is 11.7 Å². The van der Waals surface area contributed by atoms with Crippen LogP contribution in [0.15, 0.2) is 53.4 Å². The van der Waals surface area contributed by atoms with Crippen LogP contribution in [0.4, 0.5) is 5.69 Å². The summed E-state index contributed by atoms with van der Waals surface area (Å²) in [5, 5.41) is 0. The van der Waals surface area contributed by atoms with Crippen molar-refractivity contribution >= 4 is 15.7 Å². The Morgan fingerprint density at radius 1 is 1.04 bits per heavy atom. The maximum Gasteiger partial charge on any atom is 0.246 e. The Morgan fingerprint density at radius 3 is 2.56 bits per heavy atom. The van der Waals surface area contributed by atoms with Gasteiger partial charge < -0.3 is 9.64 Å². The first-order chi connectivity index (χ1) is 12.1. The van der Waals surface area contributed by atoms with Crippen LogP contribution >= 0.6 is 0 Å². The molecule has 4 rings (SSSR count). The van der Waals surface area contributed by atoms with Crippen molar-refractivity contribution < 1.29 is 13.2 Å². The molecule has 0 unspecified atom stereocenters. The topological polar surface area (TPSA) is 58.6 Å². The fourth-order valence-electron chi connectivity index (χ4n) is 3.60. The van der Waals surface area contributed by atoms with Crippen LogP contribution < -0.4 is 14.4 Å². The molecule has 0 aromatic heterocycles. The molecule has 1 atom stereocenters. The molecule has 5 nitrogen and oxygen atoms in total. The van der Waals surface area contributed by atoms with E-state index in [0.29, 0.717) is 18.8 Å². The molecule has 0 bridgehead atoms. The summed E-state index contributed by atoms with van der Waals surface area (Å²) in [5.74, 6) is 0.451. The van der Waals surface area contributed by atoms with Gasteiger partial charge >= 0.3 is 0 Å². The molecule has 1 N–H and O–H groups in total. The number of anilines is 1. The summed E-state index contributed by atoms with van der Waals surface area (Å²) in [4.78, 5) is 2.42. The summed E-state index contributed by atoms with van der Waals surface area (Å²) in [5.41, 5.74) is 1.84. The van der Waals surface area contributed by atoms with E-state index in [4.69, 9.17) is 4.74 Å². The minimum Gasteiger partial charge on any atom is -0.490 e. The Labute approximate surface area is 148 Å². The van der Waals surface area contributed by atoms with Crippen molar-refractivity contribution in [2.45, 2.75) is 30.2 Å². The van der Waals surface area contributed by atoms with Crippen molar-refractivity contribution in [1.82, 2.24) is 4.72 Å². The molecule has 0 amide bonds. The Bertz CT molecular complexity index is 846. The number of hydrogen-bond acceptors (Lipinski definition) is 4. The molecule has 2 aromatic rings. The highest BCUT2D eigenvalue weighted by Crippen LogP contribution is 2.37. The van der Waals surface area contributed by atoms with Crippen LogP contribution in [0.5, 0.6) is 5.75 Å². The van der Waals surface area contributed by atoms with Crippen LogP contribution in [-0.2, 0) is 16.4 Å². The molecule has 25 heavy (non-hydrogen) atoms. The summed E-state index contributed by atoms with van der Waals surface area (Å²) in [6, 6.07) is 15.1. The van der Waals surface area contributed by atoms with Gasteiger partial charge in [-0.05, 0) is 37.0 Å². The fraction of sp³-hybridized carbons (Fsp3) is 0.368. The largest absolute Gasteiger partial charge is 0.490 e. The van der Waals surface area contributed by atoms with E-state index >= 15 is 0 Å². The molecule has 1 fully saturated rings. The Hall–Kier alpha value is -2.05. The highest BCUT2D eigenvalue weighted by Gasteiger charge is 2.33. The number of nitrogens with one attached hydrogen (secondary N) is 1. The Balaban J connectivity index is 1.66. The van der Waals surface area contributed by atoms with Gasteiger partial charge in [0, 0.05) is 13.1 Å². The molecule has 0 radical (unpaired) electrons. The van der Waals surface area contributed by atoms with Gasteiger partial charge in [0.15, 0.2) is 0 Å². The lowest BCUT2D eigenvalue weighted by Crippen LogP contribution is -2.38. The third kappa shape index (κ3) is 3.37. The van der Waals surface area contributed by atoms with E-state index in [2.05, 4.69) is 9.62 Å². The van der Waals surface area contributed by atoms with E-state index in [1.807, 2.05) is 42.5 Å². The van der Waals surface area contributed by atoms with Gasteiger partial charge in [-0.25, -0.2) is 13.1 Å². The molecule has 2 aromatic carbocycles. The van der Waals surface area contributed by atoms with Crippen molar-refractivity contribution in [3.05, 3.63) is 54.1 Å². The summed E-state index contributed by atoms with van der Waals surface area (Å²) < 4.78 is 34.9. The second-order valence-corrected chi connectivity index (χ2v) is 8.27. The third-order valence-electron chi connectivity index (χ3n) is 4.76. The second kappa shape index (κ2) is 6.69. The number of fused-ring (bicyclic) bond motifs is 1. The molecular weight excluding hydrogens is 336 g/mol. The lowest BCUT2D eigenvalue weighted by Gasteiger charge is -2.21. The Kier molecular flexibility index (Phi) is 4.39. The number of nitrogens with zero attached hydrogens (tertiary/aromatic N) is 1. The molecule has 2 aliphatic rings. The standard InChI is InChI=1S/C19H22N2O3S/c22-25(23)19-17(21-11-4-5-12-21)9-6-10-18(19)24-14-16(20-25)13-15-7-2-1-3-8-15/h1-3,6-10,16,20H,4-5,11-14H2/t16-/m0/s1. The third-order valence-corrected chi connectivity index (χ3v) is 6.35. The number of ether oxygens (including phenoxy) is 1. The van der Waals surface area contributed by atoms with Crippen molar-refractivity contribution in [2.75, 3.05) is 24.6 Å². The van der Waals surface area contributed by atoms with Crippen molar-refractivity contribution in [3.8, 4) is 5.75 Å². The van der Waals surface area contributed by atoms with Gasteiger partial charge in [0.2, 0.25) is 10.0 Å². The van der Waals surface area contributed by atoms with E-state index < -0.39 is 10.0 Å². The van der Waals surface area contributed by atoms with E-state index in [-0.39, 0.29) is 10.9 Å². The first kappa shape index (κ1) is 16.4. The molecule has 1 saturated heterocycles. The average Bonchev–Trinajstić information content (AvgIpc) is 3.10. The lowest BCUT2D eigenvalue weighted by molar-refractivity contribution is 0.279. The van der Waals surface area contributed by atoms with Gasteiger partial charge in [-0.2, -0.15) is 0 Å². The van der Waals surface area contributed by atoms with Gasteiger partial charge in [-0.3, -0.25) is 0 Å². The smallest absolute Gasteiger partial charge is 0.246 e. The van der Waals surface area contributed by atoms with E-state index in [0.717, 1.165) is 37.2 Å². The maximum absolute atomic E-state index is 13.1. The van der Waals surface area contributed by atoms with Gasteiger partial charge in [0.1, 0.15) is 17.3 Å². The predicted molar refractivity (Wildman–Crippen MR) is 97.6 cm³/mol. The zero-order valence-corrected chi connectivity index (χ0v) is 14.8. The monoisotopic (exact) mass is 358 g/mol. The van der Waals surface area contributed by atoms with Crippen molar-refractivity contribution in [3.63, 3.8) is 0 Å². The first-order valence-electron chi connectivity index (χ1n) is 8.70. The molecule has 132 valence electrons. The summed E-state index contributed by atoms with van der Waals surface area (Å²) in [6.07, 6.45) is 2.79. The molecule has 2 aliphatic heterocycles. The summed E-state index contributed by atoms with van der Waals surface area (Å²) in [7, 11) is -3.63. The summed E-state index contributed by atoms with van der Waals surface area (Å²) >= 11 is 0. The van der Waals surface area contributed by atoms with Crippen LogP contribution in [0.2, 0.25) is 0 Å². The minimum atomic E-state index is -3.63. The van der Waals surface area contributed by atoms with Crippen LogP contribution in [0.1, 0.15) is 18.4 Å². The second-order valence-electron chi connectivity index (χ2n) is 6.62. The van der Waals surface area contributed by atoms with Crippen LogP contribution in [-0.4, -0.2) is 34.2 Å². The van der Waals surface area contributed by atoms with Crippen LogP contribution in [0, 0.1) is 0 Å². The van der Waals surface area contributed by atoms with E-state index in [9.17, 15) is 8.42 Å². The number of hydrogen-bond donors (Lipinski definition) is 1. The molecule has 0 spiro atoms. The number of sulfonamides is 1. The zero-order chi connectivity index (χ0) is 17.3. The highest BCUT2D eigenvalue weighted by atomic mass is 32.2. The summed E-state index contributed by atoms with van der Waals surface area (Å²) in [6.45, 7) is 2.10. The molecular formula is C19H22N2O3S. The minimum absolute atomic E-state index is 0.285. The SMILES string of the molecule is O=S1(=O)N[C@@H](Cc2ccccc2)COc2cccc(N3CCCC3)c21. The quantitative estimate of drug-likeness (QED) is 0.916. The van der Waals surface area contributed by atoms with Gasteiger partial charge in [0.25, 0.3) is 0 Å². The lowest BCUT2D eigenvalue weighted by atomic mass is 10.1. The fourth-order valence-corrected chi connectivity index (χ4v) is 5.17. The molecule has 2 heterocycles. The molecule has 0 aliphatic carbocycles. The molecule has 0 saturated carbocycles.